The molecule has 0 bridgehead atoms. The van der Waals surface area contributed by atoms with Crippen LogP contribution in [0.2, 0.25) is 0 Å². The third kappa shape index (κ3) is 2.65. The fourth-order valence-corrected chi connectivity index (χ4v) is 5.55. The molecule has 5 atom stereocenters. The van der Waals surface area contributed by atoms with E-state index in [0.29, 0.717) is 11.3 Å². The molecule has 1 aromatic rings. The summed E-state index contributed by atoms with van der Waals surface area (Å²) >= 11 is 0. The molecule has 0 heterocycles. The van der Waals surface area contributed by atoms with Crippen molar-refractivity contribution in [2.24, 2.45) is 17.6 Å². The maximum atomic E-state index is 13.6. The van der Waals surface area contributed by atoms with Gasteiger partial charge in [-0.1, -0.05) is 6.92 Å². The second-order valence-electron chi connectivity index (χ2n) is 9.03. The maximum Gasteiger partial charge on any atom is 0.428 e. The molecule has 34 heavy (non-hydrogen) atoms. The first-order chi connectivity index (χ1) is 15.8. The van der Waals surface area contributed by atoms with E-state index in [4.69, 9.17) is 5.73 Å². The Morgan fingerprint density at radius 2 is 1.88 bits per heavy atom. The van der Waals surface area contributed by atoms with Crippen molar-refractivity contribution in [1.82, 2.24) is 0 Å². The van der Waals surface area contributed by atoms with Crippen LogP contribution >= 0.6 is 0 Å². The Morgan fingerprint density at radius 1 is 1.26 bits per heavy atom. The minimum absolute atomic E-state index is 0.245. The number of hydrogen-bond acceptors (Lipinski definition) is 10. The van der Waals surface area contributed by atoms with Crippen LogP contribution in [-0.2, 0) is 14.4 Å². The summed E-state index contributed by atoms with van der Waals surface area (Å²) in [5.41, 5.74) is 0.978. The number of aliphatic hydroxyl groups excluding tert-OH is 3. The van der Waals surface area contributed by atoms with Crippen molar-refractivity contribution >= 4 is 34.6 Å². The molecular formula is C22H23N4O8+. The number of fused-ring (bicyclic) bond motifs is 3. The van der Waals surface area contributed by atoms with E-state index in [0.717, 1.165) is 0 Å². The van der Waals surface area contributed by atoms with Gasteiger partial charge in [0.2, 0.25) is 16.9 Å². The molecule has 0 saturated heterocycles. The molecule has 1 fully saturated rings. The molecule has 1 aromatic carbocycles. The number of ketones is 2. The van der Waals surface area contributed by atoms with Gasteiger partial charge in [0.05, 0.1) is 17.7 Å². The maximum absolute atomic E-state index is 13.6. The number of diazo groups is 1. The molecule has 0 aliphatic heterocycles. The summed E-state index contributed by atoms with van der Waals surface area (Å²) in [7, 11) is 3.32. The highest BCUT2D eigenvalue weighted by atomic mass is 16.4. The first kappa shape index (κ1) is 23.2. The highest BCUT2D eigenvalue weighted by molar-refractivity contribution is 6.23. The minimum atomic E-state index is -2.91. The Hall–Kier alpha value is -3.95. The number of aromatic hydroxyl groups is 1. The Bertz CT molecular complexity index is 1290. The largest absolute Gasteiger partial charge is 0.508 e. The number of phenols is 1. The molecule has 4 rings (SSSR count). The lowest BCUT2D eigenvalue weighted by atomic mass is 9.55. The van der Waals surface area contributed by atoms with Gasteiger partial charge in [-0.25, -0.2) is 0 Å². The Labute approximate surface area is 192 Å². The summed E-state index contributed by atoms with van der Waals surface area (Å²) in [6.07, 6.45) is -2.27. The van der Waals surface area contributed by atoms with Crippen molar-refractivity contribution in [3.05, 3.63) is 39.1 Å². The molecule has 1 saturated carbocycles. The monoisotopic (exact) mass is 471 g/mol. The van der Waals surface area contributed by atoms with Gasteiger partial charge in [0.25, 0.3) is 5.91 Å². The van der Waals surface area contributed by atoms with Gasteiger partial charge in [0.15, 0.2) is 16.4 Å². The van der Waals surface area contributed by atoms with Crippen LogP contribution < -0.4 is 10.6 Å². The number of hydrogen-bond donors (Lipinski definition) is 6. The zero-order chi connectivity index (χ0) is 25.4. The highest BCUT2D eigenvalue weighted by Crippen LogP contribution is 2.58. The van der Waals surface area contributed by atoms with Crippen molar-refractivity contribution < 1.29 is 39.9 Å². The van der Waals surface area contributed by atoms with Crippen LogP contribution in [0.25, 0.3) is 10.7 Å². The van der Waals surface area contributed by atoms with Crippen LogP contribution in [0.5, 0.6) is 5.75 Å². The molecule has 12 nitrogen and oxygen atoms in total. The zero-order valence-corrected chi connectivity index (χ0v) is 18.5. The SMILES string of the molecule is C[C@H]1c2c(N(C)C)cc([N+]#N)c(O)c2C(O)=C2C(=O)[C@]3(O)C(O)=C(C(N)=O)C(=O)C[C@@H]3[C@H](O)[C@@H]21. The Morgan fingerprint density at radius 3 is 2.41 bits per heavy atom. The molecule has 0 radical (unpaired) electrons. The average Bonchev–Trinajstić information content (AvgIpc) is 2.76. The lowest BCUT2D eigenvalue weighted by molar-refractivity contribution is -0.160. The molecular weight excluding hydrogens is 448 g/mol. The van der Waals surface area contributed by atoms with E-state index in [1.165, 1.54) is 6.07 Å². The fraction of sp³-hybridized carbons (Fsp3) is 0.409. The number of phenolic OH excluding ortho intramolecular Hbond substituents is 1. The summed E-state index contributed by atoms with van der Waals surface area (Å²) in [5.74, 6) is -9.70. The van der Waals surface area contributed by atoms with Crippen LogP contribution in [0.4, 0.5) is 11.4 Å². The van der Waals surface area contributed by atoms with Gasteiger partial charge in [0, 0.05) is 43.6 Å². The number of primary amides is 1. The minimum Gasteiger partial charge on any atom is -0.508 e. The van der Waals surface area contributed by atoms with Gasteiger partial charge >= 0.3 is 5.69 Å². The normalized spacial score (nSPS) is 30.4. The summed E-state index contributed by atoms with van der Waals surface area (Å²) in [5, 5.41) is 64.4. The van der Waals surface area contributed by atoms with E-state index in [2.05, 4.69) is 4.98 Å². The van der Waals surface area contributed by atoms with Crippen molar-refractivity contribution in [3.63, 3.8) is 0 Å². The first-order valence-electron chi connectivity index (χ1n) is 10.4. The third-order valence-corrected chi connectivity index (χ3v) is 7.14. The summed E-state index contributed by atoms with van der Waals surface area (Å²) in [6, 6.07) is 1.36. The molecule has 3 aliphatic carbocycles. The second-order valence-corrected chi connectivity index (χ2v) is 9.03. The predicted molar refractivity (Wildman–Crippen MR) is 117 cm³/mol. The highest BCUT2D eigenvalue weighted by Gasteiger charge is 2.65. The van der Waals surface area contributed by atoms with Gasteiger partial charge in [-0.2, -0.15) is 0 Å². The molecule has 7 N–H and O–H groups in total. The van der Waals surface area contributed by atoms with Crippen molar-refractivity contribution in [2.75, 3.05) is 19.0 Å². The van der Waals surface area contributed by atoms with Gasteiger partial charge in [-0.15, -0.1) is 0 Å². The number of carbonyl (C=O) groups excluding carboxylic acids is 3. The molecule has 0 aromatic heterocycles. The van der Waals surface area contributed by atoms with E-state index in [-0.39, 0.29) is 11.3 Å². The van der Waals surface area contributed by atoms with Crippen LogP contribution in [0.1, 0.15) is 30.4 Å². The molecule has 178 valence electrons. The Kier molecular flexibility index (Phi) is 4.97. The lowest BCUT2D eigenvalue weighted by Crippen LogP contribution is -2.64. The van der Waals surface area contributed by atoms with Crippen LogP contribution in [0.3, 0.4) is 0 Å². The summed E-state index contributed by atoms with van der Waals surface area (Å²) in [4.78, 5) is 42.4. The number of rotatable bonds is 2. The van der Waals surface area contributed by atoms with E-state index >= 15 is 0 Å². The van der Waals surface area contributed by atoms with Crippen LogP contribution in [-0.4, -0.2) is 68.8 Å². The Balaban J connectivity index is 2.08. The van der Waals surface area contributed by atoms with Gasteiger partial charge < -0.3 is 36.2 Å². The van der Waals surface area contributed by atoms with E-state index < -0.39 is 81.8 Å². The van der Waals surface area contributed by atoms with Crippen molar-refractivity contribution in [2.45, 2.75) is 31.0 Å². The number of Topliss-reactive ketones (excluding diaryl/α,β-unsaturated/α-hetero) is 2. The number of anilines is 1. The van der Waals surface area contributed by atoms with Crippen LogP contribution in [0, 0.1) is 17.2 Å². The second kappa shape index (κ2) is 7.28. The molecule has 3 aliphatic rings. The van der Waals surface area contributed by atoms with Gasteiger partial charge in [-0.3, -0.25) is 14.4 Å². The number of aliphatic hydroxyl groups is 4. The van der Waals surface area contributed by atoms with Gasteiger partial charge in [0.1, 0.15) is 17.1 Å². The third-order valence-electron chi connectivity index (χ3n) is 7.14. The van der Waals surface area contributed by atoms with E-state index in [1.54, 1.807) is 25.9 Å². The van der Waals surface area contributed by atoms with Crippen molar-refractivity contribution in [1.29, 1.82) is 5.39 Å². The number of carbonyl (C=O) groups is 3. The van der Waals surface area contributed by atoms with E-state index in [1.807, 2.05) is 0 Å². The summed E-state index contributed by atoms with van der Waals surface area (Å²) < 4.78 is 0. The number of amides is 1. The molecule has 1 amide bonds. The zero-order valence-electron chi connectivity index (χ0n) is 18.5. The topological polar surface area (TPSA) is 210 Å². The fourth-order valence-electron chi connectivity index (χ4n) is 5.55. The summed E-state index contributed by atoms with van der Waals surface area (Å²) in [6.45, 7) is 1.62. The standard InChI is InChI=1S/C22H22N4O8/c1-6-11-9(26(2)3)5-8(25-24)17(29)14(11)18(30)15-12(6)16(28)7-4-10(27)13(21(23)33)19(31)22(7,34)20(15)32/h5-7,12,16,28,34H,4H2,1-3H3,(H4-,23,27,29,30,31,32,33)/p+1/t6-,7+,12+,16-,22+/m0/s1. The van der Waals surface area contributed by atoms with E-state index in [9.17, 15) is 45.3 Å². The quantitative estimate of drug-likeness (QED) is 0.260. The lowest BCUT2D eigenvalue weighted by Gasteiger charge is -2.50. The van der Waals surface area contributed by atoms with Crippen LogP contribution in [0.15, 0.2) is 23.0 Å². The molecule has 0 spiro atoms. The number of benzene rings is 1. The smallest absolute Gasteiger partial charge is 0.428 e. The number of nitrogens with two attached hydrogens (primary N) is 1. The first-order valence-corrected chi connectivity index (χ1v) is 10.4. The van der Waals surface area contributed by atoms with Gasteiger partial charge in [-0.05, 0) is 11.5 Å². The molecule has 12 heteroatoms. The van der Waals surface area contributed by atoms with Crippen molar-refractivity contribution in [3.8, 4) is 5.75 Å². The number of nitrogens with zero attached hydrogens (tertiary/aromatic N) is 3. The average molecular weight is 471 g/mol. The predicted octanol–water partition coefficient (Wildman–Crippen LogP) is 0.506. The molecule has 0 unspecified atom stereocenters.